The number of aromatic nitrogens is 2. The van der Waals surface area contributed by atoms with Crippen LogP contribution < -0.4 is 10.6 Å². The van der Waals surface area contributed by atoms with Crippen molar-refractivity contribution < 1.29 is 9.21 Å². The Balaban J connectivity index is 1.29. The summed E-state index contributed by atoms with van der Waals surface area (Å²) in [6.45, 7) is 0.544. The van der Waals surface area contributed by atoms with Gasteiger partial charge in [0.05, 0.1) is 24.2 Å². The van der Waals surface area contributed by atoms with Gasteiger partial charge in [0.15, 0.2) is 4.34 Å². The minimum absolute atomic E-state index is 0.0820. The molecule has 4 rings (SSSR count). The SMILES string of the molecule is O=C(CSc1nnc(NCc2ccco2)s1)Nc1ccccc1Sc1ccccc1. The van der Waals surface area contributed by atoms with Crippen LogP contribution >= 0.6 is 34.9 Å². The fourth-order valence-electron chi connectivity index (χ4n) is 2.50. The Morgan fingerprint density at radius 3 is 2.67 bits per heavy atom. The highest BCUT2D eigenvalue weighted by Crippen LogP contribution is 2.33. The van der Waals surface area contributed by atoms with Gasteiger partial charge in [0, 0.05) is 9.79 Å². The van der Waals surface area contributed by atoms with Crippen LogP contribution in [0.15, 0.2) is 91.5 Å². The van der Waals surface area contributed by atoms with Crippen molar-refractivity contribution in [1.82, 2.24) is 10.2 Å². The summed E-state index contributed by atoms with van der Waals surface area (Å²) in [6, 6.07) is 21.6. The molecule has 30 heavy (non-hydrogen) atoms. The first-order valence-corrected chi connectivity index (χ1v) is 11.7. The standard InChI is InChI=1S/C21H18N4O2S3/c26-19(14-28-21-25-24-20(30-21)22-13-15-7-6-12-27-15)23-17-10-4-5-11-18(17)29-16-8-2-1-3-9-16/h1-12H,13-14H2,(H,22,24)(H,23,26). The number of nitrogens with zero attached hydrogens (tertiary/aromatic N) is 2. The number of furan rings is 1. The van der Waals surface area contributed by atoms with E-state index in [0.29, 0.717) is 11.7 Å². The molecule has 0 aliphatic carbocycles. The summed E-state index contributed by atoms with van der Waals surface area (Å²) in [5, 5.41) is 15.1. The number of amides is 1. The van der Waals surface area contributed by atoms with E-state index in [-0.39, 0.29) is 11.7 Å². The highest BCUT2D eigenvalue weighted by molar-refractivity contribution is 8.01. The highest BCUT2D eigenvalue weighted by Gasteiger charge is 2.11. The molecule has 2 heterocycles. The van der Waals surface area contributed by atoms with Gasteiger partial charge in [0.25, 0.3) is 0 Å². The molecule has 0 saturated heterocycles. The number of hydrogen-bond donors (Lipinski definition) is 2. The number of anilines is 2. The zero-order chi connectivity index (χ0) is 20.6. The highest BCUT2D eigenvalue weighted by atomic mass is 32.2. The smallest absolute Gasteiger partial charge is 0.234 e. The van der Waals surface area contributed by atoms with Crippen LogP contribution in [-0.2, 0) is 11.3 Å². The summed E-state index contributed by atoms with van der Waals surface area (Å²) in [6.07, 6.45) is 1.63. The van der Waals surface area contributed by atoms with E-state index in [2.05, 4.69) is 20.8 Å². The molecule has 2 aromatic carbocycles. The Labute approximate surface area is 186 Å². The van der Waals surface area contributed by atoms with Gasteiger partial charge in [-0.1, -0.05) is 65.2 Å². The molecule has 0 unspecified atom stereocenters. The van der Waals surface area contributed by atoms with Gasteiger partial charge in [0.2, 0.25) is 11.0 Å². The van der Waals surface area contributed by atoms with Crippen LogP contribution in [0.3, 0.4) is 0 Å². The number of thioether (sulfide) groups is 1. The molecule has 1 amide bonds. The molecule has 0 aliphatic heterocycles. The van der Waals surface area contributed by atoms with E-state index in [1.165, 1.54) is 23.1 Å². The van der Waals surface area contributed by atoms with E-state index in [1.807, 2.05) is 66.7 Å². The molecule has 6 nitrogen and oxygen atoms in total. The first-order valence-electron chi connectivity index (χ1n) is 9.10. The molecule has 0 aliphatic rings. The fourth-order valence-corrected chi connectivity index (χ4v) is 4.97. The number of hydrogen-bond acceptors (Lipinski definition) is 8. The van der Waals surface area contributed by atoms with Gasteiger partial charge in [-0.2, -0.15) is 0 Å². The van der Waals surface area contributed by atoms with Crippen molar-refractivity contribution >= 4 is 51.6 Å². The molecule has 152 valence electrons. The molecule has 0 fully saturated rings. The van der Waals surface area contributed by atoms with Crippen LogP contribution in [0, 0.1) is 0 Å². The third-order valence-corrected chi connectivity index (χ3v) is 6.96. The van der Waals surface area contributed by atoms with Gasteiger partial charge in [-0.3, -0.25) is 4.79 Å². The van der Waals surface area contributed by atoms with Gasteiger partial charge < -0.3 is 15.1 Å². The summed E-state index contributed by atoms with van der Waals surface area (Å²) in [7, 11) is 0. The Kier molecular flexibility index (Phi) is 7.07. The number of rotatable bonds is 9. The van der Waals surface area contributed by atoms with Crippen LogP contribution in [-0.4, -0.2) is 21.9 Å². The van der Waals surface area contributed by atoms with Crippen molar-refractivity contribution in [1.29, 1.82) is 0 Å². The Morgan fingerprint density at radius 2 is 1.83 bits per heavy atom. The maximum atomic E-state index is 12.5. The molecular formula is C21H18N4O2S3. The van der Waals surface area contributed by atoms with Gasteiger partial charge in [-0.05, 0) is 36.4 Å². The van der Waals surface area contributed by atoms with Gasteiger partial charge in [-0.25, -0.2) is 0 Å². The third-order valence-electron chi connectivity index (χ3n) is 3.86. The lowest BCUT2D eigenvalue weighted by Crippen LogP contribution is -2.14. The average molecular weight is 455 g/mol. The number of nitrogens with one attached hydrogen (secondary N) is 2. The summed E-state index contributed by atoms with van der Waals surface area (Å²) in [4.78, 5) is 14.6. The molecule has 0 saturated carbocycles. The molecule has 2 aromatic heterocycles. The predicted octanol–water partition coefficient (Wildman–Crippen LogP) is 5.63. The average Bonchev–Trinajstić information content (AvgIpc) is 3.45. The number of carbonyl (C=O) groups excluding carboxylic acids is 1. The van der Waals surface area contributed by atoms with Crippen molar-refractivity contribution in [2.75, 3.05) is 16.4 Å². The summed E-state index contributed by atoms with van der Waals surface area (Å²) in [5.74, 6) is 1.00. The minimum Gasteiger partial charge on any atom is -0.467 e. The van der Waals surface area contributed by atoms with Gasteiger partial charge >= 0.3 is 0 Å². The van der Waals surface area contributed by atoms with Gasteiger partial charge in [0.1, 0.15) is 5.76 Å². The molecule has 0 radical (unpaired) electrons. The molecule has 2 N–H and O–H groups in total. The van der Waals surface area contributed by atoms with Crippen LogP contribution in [0.2, 0.25) is 0 Å². The zero-order valence-corrected chi connectivity index (χ0v) is 18.2. The zero-order valence-electron chi connectivity index (χ0n) is 15.8. The van der Waals surface area contributed by atoms with E-state index >= 15 is 0 Å². The van der Waals surface area contributed by atoms with E-state index in [1.54, 1.807) is 18.0 Å². The van der Waals surface area contributed by atoms with Crippen LogP contribution in [0.1, 0.15) is 5.76 Å². The number of carbonyl (C=O) groups is 1. The van der Waals surface area contributed by atoms with Crippen LogP contribution in [0.25, 0.3) is 0 Å². The van der Waals surface area contributed by atoms with E-state index in [9.17, 15) is 4.79 Å². The molecular weight excluding hydrogens is 436 g/mol. The van der Waals surface area contributed by atoms with Crippen molar-refractivity contribution in [3.05, 3.63) is 78.8 Å². The van der Waals surface area contributed by atoms with Crippen molar-refractivity contribution in [3.63, 3.8) is 0 Å². The quantitative estimate of drug-likeness (QED) is 0.317. The monoisotopic (exact) mass is 454 g/mol. The fraction of sp³-hybridized carbons (Fsp3) is 0.0952. The normalized spacial score (nSPS) is 10.7. The van der Waals surface area contributed by atoms with E-state index in [4.69, 9.17) is 4.42 Å². The lowest BCUT2D eigenvalue weighted by atomic mass is 10.3. The molecule has 0 spiro atoms. The van der Waals surface area contributed by atoms with Crippen LogP contribution in [0.5, 0.6) is 0 Å². The summed E-state index contributed by atoms with van der Waals surface area (Å²) >= 11 is 4.40. The third kappa shape index (κ3) is 5.88. The number of para-hydroxylation sites is 1. The second-order valence-corrected chi connectivity index (χ2v) is 9.37. The topological polar surface area (TPSA) is 80.1 Å². The van der Waals surface area contributed by atoms with E-state index in [0.717, 1.165) is 25.6 Å². The predicted molar refractivity (Wildman–Crippen MR) is 122 cm³/mol. The second kappa shape index (κ2) is 10.3. The first kappa shape index (κ1) is 20.5. The van der Waals surface area contributed by atoms with Gasteiger partial charge in [-0.15, -0.1) is 10.2 Å². The molecule has 9 heteroatoms. The molecule has 0 bridgehead atoms. The van der Waals surface area contributed by atoms with Crippen molar-refractivity contribution in [2.45, 2.75) is 20.7 Å². The lowest BCUT2D eigenvalue weighted by Gasteiger charge is -2.10. The summed E-state index contributed by atoms with van der Waals surface area (Å²) in [5.41, 5.74) is 0.801. The maximum Gasteiger partial charge on any atom is 0.234 e. The summed E-state index contributed by atoms with van der Waals surface area (Å²) < 4.78 is 6.01. The Morgan fingerprint density at radius 1 is 1.00 bits per heavy atom. The molecule has 0 atom stereocenters. The lowest BCUT2D eigenvalue weighted by molar-refractivity contribution is -0.113. The van der Waals surface area contributed by atoms with Crippen LogP contribution in [0.4, 0.5) is 10.8 Å². The van der Waals surface area contributed by atoms with E-state index < -0.39 is 0 Å². The molecule has 4 aromatic rings. The maximum absolute atomic E-state index is 12.5. The Hall–Kier alpha value is -2.75. The first-order chi connectivity index (χ1) is 14.8. The second-order valence-electron chi connectivity index (χ2n) is 6.05. The van der Waals surface area contributed by atoms with Crippen molar-refractivity contribution in [2.24, 2.45) is 0 Å². The Bertz CT molecular complexity index is 1080. The largest absolute Gasteiger partial charge is 0.467 e. The minimum atomic E-state index is -0.0820. The number of benzene rings is 2. The van der Waals surface area contributed by atoms with Crippen molar-refractivity contribution in [3.8, 4) is 0 Å².